The number of aromatic carboxylic acids is 1. The Morgan fingerprint density at radius 3 is 2.03 bits per heavy atom. The third kappa shape index (κ3) is 10.2. The summed E-state index contributed by atoms with van der Waals surface area (Å²) in [5.74, 6) is -4.63. The van der Waals surface area contributed by atoms with Crippen molar-refractivity contribution in [2.24, 2.45) is 0 Å². The van der Waals surface area contributed by atoms with Crippen LogP contribution < -0.4 is 30.7 Å². The van der Waals surface area contributed by atoms with E-state index in [4.69, 9.17) is 14.5 Å². The molecule has 0 bridgehead atoms. The first-order valence-corrected chi connectivity index (χ1v) is 20.5. The molecule has 6 aromatic carbocycles. The molecule has 0 fully saturated rings. The highest BCUT2D eigenvalue weighted by Crippen LogP contribution is 2.42. The van der Waals surface area contributed by atoms with E-state index in [9.17, 15) is 49.7 Å². The minimum absolute atomic E-state index is 0.0119. The van der Waals surface area contributed by atoms with Crippen molar-refractivity contribution in [1.82, 2.24) is 15.3 Å². The lowest BCUT2D eigenvalue weighted by Crippen LogP contribution is -2.43. The van der Waals surface area contributed by atoms with Gasteiger partial charge in [-0.3, -0.25) is 19.2 Å². The topological polar surface area (TPSA) is 285 Å². The predicted octanol–water partition coefficient (Wildman–Crippen LogP) is 7.67. The van der Waals surface area contributed by atoms with Crippen LogP contribution in [0.3, 0.4) is 0 Å². The second-order valence-corrected chi connectivity index (χ2v) is 15.1. The maximum atomic E-state index is 13.3. The molecule has 0 unspecified atom stereocenters. The van der Waals surface area contributed by atoms with E-state index in [1.807, 2.05) is 6.07 Å². The molecule has 18 heteroatoms. The first kappa shape index (κ1) is 46.4. The molecule has 342 valence electrons. The molecule has 0 saturated carbocycles. The number of benzene rings is 6. The van der Waals surface area contributed by atoms with Crippen LogP contribution in [0.2, 0.25) is 0 Å². The number of imidazole rings is 1. The number of aromatic nitrogens is 2. The number of H-pyrrole nitrogens is 1. The Morgan fingerprint density at radius 1 is 0.735 bits per heavy atom. The van der Waals surface area contributed by atoms with Crippen molar-refractivity contribution >= 4 is 63.8 Å². The number of phenolic OH excluding ortho intramolecular Hbond substituents is 2. The summed E-state index contributed by atoms with van der Waals surface area (Å²) in [6.45, 7) is 1.64. The Morgan fingerprint density at radius 2 is 1.37 bits per heavy atom. The summed E-state index contributed by atoms with van der Waals surface area (Å²) in [7, 11) is 2.53. The van der Waals surface area contributed by atoms with E-state index in [0.29, 0.717) is 50.5 Å². The fraction of sp³-hybridized carbons (Fsp3) is 0.100. The third-order valence-corrected chi connectivity index (χ3v) is 10.6. The van der Waals surface area contributed by atoms with Gasteiger partial charge in [0.25, 0.3) is 17.7 Å². The van der Waals surface area contributed by atoms with Crippen molar-refractivity contribution in [2.75, 3.05) is 30.2 Å². The molecule has 0 aliphatic rings. The van der Waals surface area contributed by atoms with E-state index in [0.717, 1.165) is 11.6 Å². The minimum Gasteiger partial charge on any atom is -0.508 e. The van der Waals surface area contributed by atoms with Gasteiger partial charge in [0, 0.05) is 33.6 Å². The van der Waals surface area contributed by atoms with Gasteiger partial charge < -0.3 is 56.2 Å². The van der Waals surface area contributed by atoms with Gasteiger partial charge in [0.1, 0.15) is 23.2 Å². The average Bonchev–Trinajstić information content (AvgIpc) is 3.76. The van der Waals surface area contributed by atoms with Crippen LogP contribution in [0.4, 0.5) is 17.1 Å². The second-order valence-electron chi connectivity index (χ2n) is 15.1. The molecule has 0 aliphatic carbocycles. The number of methoxy groups -OCH3 is 2. The van der Waals surface area contributed by atoms with Gasteiger partial charge in [-0.15, -0.1) is 0 Å². The van der Waals surface area contributed by atoms with Crippen LogP contribution in [0.1, 0.15) is 50.0 Å². The number of carboxylic acid groups (broad SMARTS) is 1. The Kier molecular flexibility index (Phi) is 13.7. The molecule has 0 spiro atoms. The number of nitrogens with zero attached hydrogens (tertiary/aromatic N) is 2. The van der Waals surface area contributed by atoms with Crippen LogP contribution in [-0.2, 0) is 9.59 Å². The Hall–Kier alpha value is -9.63. The van der Waals surface area contributed by atoms with E-state index in [1.54, 1.807) is 73.7 Å². The zero-order chi connectivity index (χ0) is 48.6. The van der Waals surface area contributed by atoms with Gasteiger partial charge >= 0.3 is 5.97 Å². The number of hydrogen-bond donors (Lipinski definition) is 9. The summed E-state index contributed by atoms with van der Waals surface area (Å²) in [6, 6.07) is 30.5. The minimum atomic E-state index is -1.40. The number of rotatable bonds is 15. The van der Waals surface area contributed by atoms with E-state index in [2.05, 4.69) is 26.3 Å². The molecule has 18 nitrogen and oxygen atoms in total. The zero-order valence-electron chi connectivity index (χ0n) is 36.4. The van der Waals surface area contributed by atoms with Crippen molar-refractivity contribution < 1.29 is 53.9 Å². The van der Waals surface area contributed by atoms with Crippen molar-refractivity contribution in [1.29, 1.82) is 5.26 Å². The lowest BCUT2D eigenvalue weighted by atomic mass is 10.0. The highest BCUT2D eigenvalue weighted by Gasteiger charge is 2.25. The van der Waals surface area contributed by atoms with Crippen molar-refractivity contribution in [3.05, 3.63) is 143 Å². The van der Waals surface area contributed by atoms with Gasteiger partial charge in [0.15, 0.2) is 23.0 Å². The number of carbonyl (C=O) groups excluding carboxylic acids is 4. The van der Waals surface area contributed by atoms with E-state index in [1.165, 1.54) is 62.8 Å². The smallest absolute Gasteiger partial charge is 0.339 e. The summed E-state index contributed by atoms with van der Waals surface area (Å²) in [6.07, 6.45) is 1.35. The van der Waals surface area contributed by atoms with Crippen LogP contribution in [0.15, 0.2) is 121 Å². The molecule has 1 aromatic heterocycles. The summed E-state index contributed by atoms with van der Waals surface area (Å²) < 4.78 is 10.7. The summed E-state index contributed by atoms with van der Waals surface area (Å²) >= 11 is 0. The van der Waals surface area contributed by atoms with Crippen LogP contribution in [-0.4, -0.2) is 80.3 Å². The maximum Gasteiger partial charge on any atom is 0.339 e. The van der Waals surface area contributed by atoms with E-state index >= 15 is 0 Å². The molecule has 7 aromatic rings. The summed E-state index contributed by atoms with van der Waals surface area (Å²) in [4.78, 5) is 71.9. The van der Waals surface area contributed by atoms with Crippen molar-refractivity contribution in [3.8, 4) is 57.3 Å². The Bertz CT molecular complexity index is 3180. The second kappa shape index (κ2) is 20.0. The maximum absolute atomic E-state index is 13.3. The number of carbonyl (C=O) groups is 5. The molecule has 4 amide bonds. The number of amides is 4. The molecular formula is C50H41N7O11. The zero-order valence-corrected chi connectivity index (χ0v) is 36.4. The van der Waals surface area contributed by atoms with Crippen LogP contribution in [0, 0.1) is 11.3 Å². The lowest BCUT2D eigenvalue weighted by Gasteiger charge is -2.16. The number of ether oxygens (including phenoxy) is 2. The monoisotopic (exact) mass is 915 g/mol. The first-order chi connectivity index (χ1) is 32.7. The summed E-state index contributed by atoms with van der Waals surface area (Å²) in [5.41, 5.74) is 4.44. The Balaban J connectivity index is 0.988. The van der Waals surface area contributed by atoms with Crippen LogP contribution >= 0.6 is 0 Å². The SMILES string of the molecule is COc1c(NC(=O)c2ccc(-c3ccc4[nH]c(-c5ccc(NC(=O)[C@H](CC#N)NC(=O)c6ccc(NC(=O)/C(C)=C/c7ccc(O)cc7)cc6)cc5)nc4c3)c(OC)c2O)ccc(C(=O)O)c1O. The molecule has 0 saturated heterocycles. The van der Waals surface area contributed by atoms with Gasteiger partial charge in [-0.2, -0.15) is 5.26 Å². The standard InChI is InChI=1S/C50H41N7O11/c1-26(24-27-4-15-33(58)16-5-27)46(61)52-31-13-8-29(9-14-31)47(62)57-39(22-23-51)49(64)53-32-11-6-28(7-12-32)45-54-37-20-10-30(25-40(37)55-45)34-17-18-35(41(59)43(34)67-2)48(63)56-38-21-19-36(50(65)66)42(60)44(38)68-3/h4-21,24-25,39,58-60H,22H2,1-3H3,(H,52,61)(H,53,64)(H,54,55)(H,56,63)(H,57,62)(H,65,66)/b26-24+/t39-/m0/s1. The lowest BCUT2D eigenvalue weighted by molar-refractivity contribution is -0.118. The highest BCUT2D eigenvalue weighted by atomic mass is 16.5. The van der Waals surface area contributed by atoms with Crippen LogP contribution in [0.25, 0.3) is 39.6 Å². The molecular weight excluding hydrogens is 875 g/mol. The fourth-order valence-corrected chi connectivity index (χ4v) is 7.04. The summed E-state index contributed by atoms with van der Waals surface area (Å²) in [5, 5.41) is 60.4. The predicted molar refractivity (Wildman–Crippen MR) is 252 cm³/mol. The Labute approximate surface area is 387 Å². The largest absolute Gasteiger partial charge is 0.508 e. The van der Waals surface area contributed by atoms with Gasteiger partial charge in [-0.25, -0.2) is 9.78 Å². The molecule has 9 N–H and O–H groups in total. The van der Waals surface area contributed by atoms with Gasteiger partial charge in [0.2, 0.25) is 5.91 Å². The molecule has 0 radical (unpaired) electrons. The number of phenols is 3. The number of hydrogen-bond acceptors (Lipinski definition) is 12. The quantitative estimate of drug-likeness (QED) is 0.0447. The third-order valence-electron chi connectivity index (χ3n) is 10.6. The number of fused-ring (bicyclic) bond motifs is 1. The molecule has 1 heterocycles. The first-order valence-electron chi connectivity index (χ1n) is 20.5. The number of aromatic amines is 1. The molecule has 1 atom stereocenters. The van der Waals surface area contributed by atoms with Crippen LogP contribution in [0.5, 0.6) is 28.7 Å². The number of aromatic hydroxyl groups is 3. The molecule has 7 rings (SSSR count). The van der Waals surface area contributed by atoms with Crippen molar-refractivity contribution in [2.45, 2.75) is 19.4 Å². The average molecular weight is 916 g/mol. The van der Waals surface area contributed by atoms with Crippen molar-refractivity contribution in [3.63, 3.8) is 0 Å². The van der Waals surface area contributed by atoms with Gasteiger partial charge in [-0.05, 0) is 121 Å². The highest BCUT2D eigenvalue weighted by molar-refractivity contribution is 6.09. The fourth-order valence-electron chi connectivity index (χ4n) is 7.04. The number of nitriles is 1. The number of anilines is 3. The number of carboxylic acids is 1. The number of nitrogens with one attached hydrogen (secondary N) is 5. The molecule has 68 heavy (non-hydrogen) atoms. The van der Waals surface area contributed by atoms with Gasteiger partial charge in [-0.1, -0.05) is 18.2 Å². The van der Waals surface area contributed by atoms with E-state index in [-0.39, 0.29) is 46.4 Å². The van der Waals surface area contributed by atoms with E-state index < -0.39 is 46.8 Å². The normalized spacial score (nSPS) is 11.5. The van der Waals surface area contributed by atoms with Gasteiger partial charge in [0.05, 0.1) is 49.0 Å². The molecule has 0 aliphatic heterocycles.